The summed E-state index contributed by atoms with van der Waals surface area (Å²) in [7, 11) is 0. The van der Waals surface area contributed by atoms with Crippen LogP contribution in [0.4, 0.5) is 0 Å². The lowest BCUT2D eigenvalue weighted by Crippen LogP contribution is -2.32. The van der Waals surface area contributed by atoms with Gasteiger partial charge in [0.05, 0.1) is 0 Å². The van der Waals surface area contributed by atoms with Crippen molar-refractivity contribution in [2.75, 3.05) is 6.54 Å². The molecule has 5 nitrogen and oxygen atoms in total. The second kappa shape index (κ2) is 13.4. The second-order valence-corrected chi connectivity index (χ2v) is 7.81. The van der Waals surface area contributed by atoms with Gasteiger partial charge in [0.2, 0.25) is 5.91 Å². The highest BCUT2D eigenvalue weighted by Gasteiger charge is 2.01. The average Bonchev–Trinajstić information content (AvgIpc) is 2.74. The number of aromatic hydroxyl groups is 2. The number of rotatable bonds is 13. The molecule has 5 heteroatoms. The molecular weight excluding hydrogens is 376 g/mol. The highest BCUT2D eigenvalue weighted by atomic mass is 16.3. The number of carbonyl (C=O) groups excluding carboxylic acids is 1. The summed E-state index contributed by atoms with van der Waals surface area (Å²) in [6.07, 6.45) is 17.1. The summed E-state index contributed by atoms with van der Waals surface area (Å²) in [6, 6.07) is 8.76. The van der Waals surface area contributed by atoms with Gasteiger partial charge in [0.15, 0.2) is 23.9 Å². The monoisotopic (exact) mass is 411 g/mol. The maximum atomic E-state index is 11.8. The average molecular weight is 412 g/mol. The van der Waals surface area contributed by atoms with Crippen LogP contribution in [0.1, 0.15) is 62.5 Å². The summed E-state index contributed by atoms with van der Waals surface area (Å²) < 4.78 is 2.26. The highest BCUT2D eigenvalue weighted by Crippen LogP contribution is 2.25. The first-order valence-corrected chi connectivity index (χ1v) is 11.0. The molecule has 0 saturated carbocycles. The first-order chi connectivity index (χ1) is 14.5. The fourth-order valence-electron chi connectivity index (χ4n) is 3.25. The van der Waals surface area contributed by atoms with Crippen molar-refractivity contribution in [1.82, 2.24) is 5.32 Å². The maximum absolute atomic E-state index is 11.8. The van der Waals surface area contributed by atoms with E-state index in [2.05, 4.69) is 41.3 Å². The van der Waals surface area contributed by atoms with Crippen LogP contribution in [0.25, 0.3) is 6.08 Å². The van der Waals surface area contributed by atoms with Crippen molar-refractivity contribution in [2.45, 2.75) is 64.8 Å². The van der Waals surface area contributed by atoms with Crippen molar-refractivity contribution in [3.05, 3.63) is 59.9 Å². The molecule has 0 radical (unpaired) electrons. The van der Waals surface area contributed by atoms with Gasteiger partial charge in [0.25, 0.3) is 0 Å². The minimum absolute atomic E-state index is 0.144. The number of hydrogen-bond donors (Lipinski definition) is 3. The number of phenolic OH excluding ortho intramolecular Hbond substituents is 2. The Bertz CT molecular complexity index is 801. The van der Waals surface area contributed by atoms with E-state index in [1.165, 1.54) is 62.3 Å². The summed E-state index contributed by atoms with van der Waals surface area (Å²) in [6.45, 7) is 3.89. The van der Waals surface area contributed by atoms with Gasteiger partial charge in [-0.15, -0.1) is 0 Å². The molecule has 2 aromatic rings. The number of pyridine rings is 1. The molecule has 0 aliphatic rings. The molecule has 0 bridgehead atoms. The molecule has 162 valence electrons. The van der Waals surface area contributed by atoms with Gasteiger partial charge in [-0.3, -0.25) is 4.79 Å². The molecule has 0 aliphatic carbocycles. The molecule has 1 aromatic heterocycles. The molecule has 2 rings (SSSR count). The largest absolute Gasteiger partial charge is 0.504 e. The van der Waals surface area contributed by atoms with Crippen molar-refractivity contribution in [2.24, 2.45) is 0 Å². The third kappa shape index (κ3) is 9.59. The van der Waals surface area contributed by atoms with Crippen LogP contribution in [0, 0.1) is 6.92 Å². The van der Waals surface area contributed by atoms with Crippen molar-refractivity contribution in [1.29, 1.82) is 0 Å². The van der Waals surface area contributed by atoms with Gasteiger partial charge in [-0.05, 0) is 49.1 Å². The van der Waals surface area contributed by atoms with Crippen molar-refractivity contribution < 1.29 is 19.6 Å². The van der Waals surface area contributed by atoms with Crippen molar-refractivity contribution in [3.8, 4) is 11.5 Å². The Kier molecular flexibility index (Phi) is 10.5. The maximum Gasteiger partial charge on any atom is 0.243 e. The predicted molar refractivity (Wildman–Crippen MR) is 120 cm³/mol. The Morgan fingerprint density at radius 3 is 2.20 bits per heavy atom. The first kappa shape index (κ1) is 23.5. The van der Waals surface area contributed by atoms with E-state index in [1.807, 2.05) is 0 Å². The molecule has 0 fully saturated rings. The number of nitrogens with one attached hydrogen (secondary N) is 1. The third-order valence-electron chi connectivity index (χ3n) is 5.13. The highest BCUT2D eigenvalue weighted by molar-refractivity contribution is 5.91. The molecular formula is C25H35N2O3+. The zero-order valence-electron chi connectivity index (χ0n) is 18.0. The first-order valence-electron chi connectivity index (χ1n) is 11.0. The van der Waals surface area contributed by atoms with E-state index in [1.54, 1.807) is 12.1 Å². The van der Waals surface area contributed by atoms with Crippen LogP contribution in [0.3, 0.4) is 0 Å². The topological polar surface area (TPSA) is 73.4 Å². The van der Waals surface area contributed by atoms with Crippen LogP contribution in [0.5, 0.6) is 11.5 Å². The molecule has 30 heavy (non-hydrogen) atoms. The number of aryl methyl sites for hydroxylation is 2. The SMILES string of the molecule is Cc1cc[n+](CCCCCCCCCCNC(=O)/C=C/c2ccc(O)c(O)c2)cc1. The van der Waals surface area contributed by atoms with Crippen LogP contribution < -0.4 is 9.88 Å². The number of benzene rings is 1. The van der Waals surface area contributed by atoms with Crippen LogP contribution >= 0.6 is 0 Å². The minimum atomic E-state index is -0.192. The lowest BCUT2D eigenvalue weighted by atomic mass is 10.1. The number of amides is 1. The predicted octanol–water partition coefficient (Wildman–Crippen LogP) is 4.64. The van der Waals surface area contributed by atoms with Crippen LogP contribution in [0.2, 0.25) is 0 Å². The van der Waals surface area contributed by atoms with Gasteiger partial charge < -0.3 is 15.5 Å². The normalized spacial score (nSPS) is 11.1. The number of hydrogen-bond acceptors (Lipinski definition) is 3. The van der Waals surface area contributed by atoms with E-state index in [4.69, 9.17) is 0 Å². The quantitative estimate of drug-likeness (QED) is 0.194. The van der Waals surface area contributed by atoms with E-state index < -0.39 is 0 Å². The summed E-state index contributed by atoms with van der Waals surface area (Å²) in [5.74, 6) is -0.505. The molecule has 1 aromatic carbocycles. The lowest BCUT2D eigenvalue weighted by molar-refractivity contribution is -0.697. The Morgan fingerprint density at radius 1 is 0.900 bits per heavy atom. The Hall–Kier alpha value is -2.82. The zero-order chi connectivity index (χ0) is 21.6. The minimum Gasteiger partial charge on any atom is -0.504 e. The summed E-state index contributed by atoms with van der Waals surface area (Å²) in [5.41, 5.74) is 1.97. The van der Waals surface area contributed by atoms with E-state index in [0.29, 0.717) is 12.1 Å². The molecule has 0 saturated heterocycles. The molecule has 1 amide bonds. The number of aromatic nitrogens is 1. The number of phenols is 2. The molecule has 3 N–H and O–H groups in total. The zero-order valence-corrected chi connectivity index (χ0v) is 18.0. The Balaban J connectivity index is 1.42. The number of nitrogens with zero attached hydrogens (tertiary/aromatic N) is 1. The van der Waals surface area contributed by atoms with Crippen molar-refractivity contribution >= 4 is 12.0 Å². The van der Waals surface area contributed by atoms with E-state index in [-0.39, 0.29) is 17.4 Å². The summed E-state index contributed by atoms with van der Waals surface area (Å²) >= 11 is 0. The molecule has 0 atom stereocenters. The van der Waals surface area contributed by atoms with Crippen LogP contribution in [-0.2, 0) is 11.3 Å². The smallest absolute Gasteiger partial charge is 0.243 e. The number of unbranched alkanes of at least 4 members (excludes halogenated alkanes) is 7. The molecule has 0 aliphatic heterocycles. The molecule has 0 unspecified atom stereocenters. The van der Waals surface area contributed by atoms with E-state index in [9.17, 15) is 15.0 Å². The fourth-order valence-corrected chi connectivity index (χ4v) is 3.25. The van der Waals surface area contributed by atoms with Gasteiger partial charge in [-0.2, -0.15) is 0 Å². The van der Waals surface area contributed by atoms with E-state index >= 15 is 0 Å². The van der Waals surface area contributed by atoms with E-state index in [0.717, 1.165) is 19.4 Å². The lowest BCUT2D eigenvalue weighted by Gasteiger charge is -2.03. The van der Waals surface area contributed by atoms with Gasteiger partial charge in [-0.25, -0.2) is 4.57 Å². The Labute approximate surface area is 180 Å². The van der Waals surface area contributed by atoms with Crippen LogP contribution in [-0.4, -0.2) is 22.7 Å². The van der Waals surface area contributed by atoms with Gasteiger partial charge in [-0.1, -0.05) is 38.2 Å². The Morgan fingerprint density at radius 2 is 1.53 bits per heavy atom. The molecule has 1 heterocycles. The third-order valence-corrected chi connectivity index (χ3v) is 5.13. The second-order valence-electron chi connectivity index (χ2n) is 7.81. The van der Waals surface area contributed by atoms with Gasteiger partial charge in [0, 0.05) is 31.2 Å². The molecule has 0 spiro atoms. The summed E-state index contributed by atoms with van der Waals surface area (Å²) in [5, 5.41) is 21.6. The fraction of sp³-hybridized carbons (Fsp3) is 0.440. The van der Waals surface area contributed by atoms with Gasteiger partial charge >= 0.3 is 0 Å². The van der Waals surface area contributed by atoms with Crippen molar-refractivity contribution in [3.63, 3.8) is 0 Å². The van der Waals surface area contributed by atoms with Gasteiger partial charge in [0.1, 0.15) is 6.54 Å². The van der Waals surface area contributed by atoms with Crippen LogP contribution in [0.15, 0.2) is 48.8 Å². The number of carbonyl (C=O) groups is 1. The standard InChI is InChI=1S/C25H34N2O3/c1-21-14-18-27(19-15-21)17-9-7-5-3-2-4-6-8-16-26-25(30)13-11-22-10-12-23(28)24(29)20-22/h10-15,18-20H,2-9,16-17H2,1H3,(H2-,26,28,29,30)/p+1. The summed E-state index contributed by atoms with van der Waals surface area (Å²) in [4.78, 5) is 11.8.